The molecule has 2 aromatic heterocycles. The SMILES string of the molecule is COCCNCc1c(SC(C)(C)C)nc2sccn12. The van der Waals surface area contributed by atoms with E-state index in [4.69, 9.17) is 9.72 Å². The van der Waals surface area contributed by atoms with Gasteiger partial charge in [0.15, 0.2) is 4.96 Å². The highest BCUT2D eigenvalue weighted by Crippen LogP contribution is 2.34. The summed E-state index contributed by atoms with van der Waals surface area (Å²) in [6.45, 7) is 9.05. The van der Waals surface area contributed by atoms with Crippen molar-refractivity contribution in [3.63, 3.8) is 0 Å². The van der Waals surface area contributed by atoms with E-state index in [2.05, 4.69) is 42.1 Å². The number of ether oxygens (including phenoxy) is 1. The molecule has 0 amide bonds. The topological polar surface area (TPSA) is 38.6 Å². The Bertz CT molecular complexity index is 527. The summed E-state index contributed by atoms with van der Waals surface area (Å²) in [6.07, 6.45) is 2.09. The number of hydrogen-bond acceptors (Lipinski definition) is 5. The monoisotopic (exact) mass is 299 g/mol. The van der Waals surface area contributed by atoms with Crippen molar-refractivity contribution in [1.82, 2.24) is 14.7 Å². The molecule has 0 fully saturated rings. The van der Waals surface area contributed by atoms with Crippen molar-refractivity contribution in [3.05, 3.63) is 17.3 Å². The molecule has 0 aliphatic rings. The number of thioether (sulfide) groups is 1. The van der Waals surface area contributed by atoms with Gasteiger partial charge in [-0.05, 0) is 0 Å². The third-order valence-electron chi connectivity index (χ3n) is 2.50. The lowest BCUT2D eigenvalue weighted by Crippen LogP contribution is -2.20. The van der Waals surface area contributed by atoms with Crippen LogP contribution in [0.25, 0.3) is 4.96 Å². The first-order valence-corrected chi connectivity index (χ1v) is 8.04. The Balaban J connectivity index is 2.17. The lowest BCUT2D eigenvalue weighted by molar-refractivity contribution is 0.199. The number of aromatic nitrogens is 2. The van der Waals surface area contributed by atoms with Crippen LogP contribution in [0.2, 0.25) is 0 Å². The Hall–Kier alpha value is -0.560. The molecule has 0 saturated heterocycles. The van der Waals surface area contributed by atoms with Crippen LogP contribution in [0.5, 0.6) is 0 Å². The summed E-state index contributed by atoms with van der Waals surface area (Å²) in [4.78, 5) is 5.80. The number of nitrogens with one attached hydrogen (secondary N) is 1. The van der Waals surface area contributed by atoms with Gasteiger partial charge in [0.05, 0.1) is 12.3 Å². The lowest BCUT2D eigenvalue weighted by atomic mass is 10.3. The quantitative estimate of drug-likeness (QED) is 0.657. The molecule has 1 N–H and O–H groups in total. The minimum absolute atomic E-state index is 0.172. The predicted octanol–water partition coefficient (Wildman–Crippen LogP) is 3.02. The Labute approximate surface area is 122 Å². The Morgan fingerprint density at radius 2 is 2.26 bits per heavy atom. The molecule has 0 spiro atoms. The van der Waals surface area contributed by atoms with Crippen molar-refractivity contribution in [2.24, 2.45) is 0 Å². The van der Waals surface area contributed by atoms with Crippen LogP contribution in [-0.4, -0.2) is 34.4 Å². The van der Waals surface area contributed by atoms with Crippen LogP contribution in [-0.2, 0) is 11.3 Å². The van der Waals surface area contributed by atoms with E-state index in [1.54, 1.807) is 18.4 Å². The molecule has 0 aliphatic heterocycles. The van der Waals surface area contributed by atoms with Crippen molar-refractivity contribution in [1.29, 1.82) is 0 Å². The van der Waals surface area contributed by atoms with Crippen LogP contribution in [0.3, 0.4) is 0 Å². The van der Waals surface area contributed by atoms with Gasteiger partial charge in [0, 0.05) is 36.5 Å². The maximum Gasteiger partial charge on any atom is 0.194 e. The van der Waals surface area contributed by atoms with Gasteiger partial charge >= 0.3 is 0 Å². The first-order valence-electron chi connectivity index (χ1n) is 6.34. The fourth-order valence-corrected chi connectivity index (χ4v) is 3.52. The Morgan fingerprint density at radius 3 is 2.95 bits per heavy atom. The van der Waals surface area contributed by atoms with Gasteiger partial charge in [0.1, 0.15) is 5.03 Å². The summed E-state index contributed by atoms with van der Waals surface area (Å²) in [5.74, 6) is 0. The molecule has 0 unspecified atom stereocenters. The van der Waals surface area contributed by atoms with Crippen LogP contribution in [0.1, 0.15) is 26.5 Å². The maximum atomic E-state index is 5.06. The first-order chi connectivity index (χ1) is 9.01. The van der Waals surface area contributed by atoms with Crippen molar-refractivity contribution < 1.29 is 4.74 Å². The zero-order valence-electron chi connectivity index (χ0n) is 11.9. The maximum absolute atomic E-state index is 5.06. The van der Waals surface area contributed by atoms with E-state index in [1.807, 2.05) is 11.8 Å². The van der Waals surface area contributed by atoms with Gasteiger partial charge in [0.2, 0.25) is 0 Å². The fourth-order valence-electron chi connectivity index (χ4n) is 1.73. The molecule has 0 bridgehead atoms. The van der Waals surface area contributed by atoms with Crippen LogP contribution in [0.15, 0.2) is 16.6 Å². The number of hydrogen-bond donors (Lipinski definition) is 1. The molecule has 2 rings (SSSR count). The van der Waals surface area contributed by atoms with Crippen LogP contribution >= 0.6 is 23.1 Å². The largest absolute Gasteiger partial charge is 0.383 e. The van der Waals surface area contributed by atoms with Gasteiger partial charge in [-0.15, -0.1) is 11.3 Å². The molecular formula is C13H21N3OS2. The summed E-state index contributed by atoms with van der Waals surface area (Å²) in [6, 6.07) is 0. The van der Waals surface area contributed by atoms with E-state index >= 15 is 0 Å². The molecule has 0 saturated carbocycles. The normalized spacial score (nSPS) is 12.4. The highest BCUT2D eigenvalue weighted by molar-refractivity contribution is 8.00. The van der Waals surface area contributed by atoms with Crippen molar-refractivity contribution >= 4 is 28.1 Å². The van der Waals surface area contributed by atoms with Gasteiger partial charge in [-0.25, -0.2) is 4.98 Å². The molecule has 2 aromatic rings. The van der Waals surface area contributed by atoms with E-state index in [1.165, 1.54) is 5.69 Å². The van der Waals surface area contributed by atoms with Crippen LogP contribution in [0, 0.1) is 0 Å². The number of rotatable bonds is 6. The third kappa shape index (κ3) is 3.95. The zero-order chi connectivity index (χ0) is 13.9. The molecular weight excluding hydrogens is 278 g/mol. The Morgan fingerprint density at radius 1 is 1.47 bits per heavy atom. The second kappa shape index (κ2) is 6.26. The van der Waals surface area contributed by atoms with Crippen LogP contribution < -0.4 is 5.32 Å². The number of nitrogens with zero attached hydrogens (tertiary/aromatic N) is 2. The summed E-state index contributed by atoms with van der Waals surface area (Å²) in [5.41, 5.74) is 1.24. The average molecular weight is 299 g/mol. The van der Waals surface area contributed by atoms with Gasteiger partial charge in [-0.1, -0.05) is 32.5 Å². The molecule has 19 heavy (non-hydrogen) atoms. The smallest absolute Gasteiger partial charge is 0.194 e. The van der Waals surface area contributed by atoms with E-state index in [9.17, 15) is 0 Å². The molecule has 0 radical (unpaired) electrons. The number of methoxy groups -OCH3 is 1. The van der Waals surface area contributed by atoms with Crippen molar-refractivity contribution in [2.45, 2.75) is 37.1 Å². The molecule has 0 atom stereocenters. The summed E-state index contributed by atoms with van der Waals surface area (Å²) < 4.78 is 7.41. The lowest BCUT2D eigenvalue weighted by Gasteiger charge is -2.17. The average Bonchev–Trinajstić information content (AvgIpc) is 2.84. The standard InChI is InChI=1S/C13H21N3OS2/c1-13(2,3)19-11-10(9-14-5-7-17-4)16-6-8-18-12(16)15-11/h6,8,14H,5,7,9H2,1-4H3. The van der Waals surface area contributed by atoms with E-state index in [0.29, 0.717) is 0 Å². The molecule has 2 heterocycles. The van der Waals surface area contributed by atoms with E-state index in [-0.39, 0.29) is 4.75 Å². The molecule has 106 valence electrons. The highest BCUT2D eigenvalue weighted by atomic mass is 32.2. The minimum atomic E-state index is 0.172. The predicted molar refractivity (Wildman–Crippen MR) is 82.3 cm³/mol. The zero-order valence-corrected chi connectivity index (χ0v) is 13.5. The third-order valence-corrected chi connectivity index (χ3v) is 4.39. The summed E-state index contributed by atoms with van der Waals surface area (Å²) >= 11 is 3.50. The summed E-state index contributed by atoms with van der Waals surface area (Å²) in [7, 11) is 1.72. The molecule has 6 heteroatoms. The Kier molecular flexibility index (Phi) is 4.89. The van der Waals surface area contributed by atoms with Gasteiger partial charge in [0.25, 0.3) is 0 Å². The summed E-state index contributed by atoms with van der Waals surface area (Å²) in [5, 5.41) is 6.61. The molecule has 0 aromatic carbocycles. The number of thiazole rings is 1. The van der Waals surface area contributed by atoms with Crippen molar-refractivity contribution in [2.75, 3.05) is 20.3 Å². The molecule has 0 aliphatic carbocycles. The van der Waals surface area contributed by atoms with Crippen LogP contribution in [0.4, 0.5) is 0 Å². The number of fused-ring (bicyclic) bond motifs is 1. The minimum Gasteiger partial charge on any atom is -0.383 e. The second-order valence-corrected chi connectivity index (χ2v) is 7.99. The fraction of sp³-hybridized carbons (Fsp3) is 0.615. The van der Waals surface area contributed by atoms with E-state index < -0.39 is 0 Å². The van der Waals surface area contributed by atoms with Gasteiger partial charge in [-0.2, -0.15) is 0 Å². The molecule has 4 nitrogen and oxygen atoms in total. The highest BCUT2D eigenvalue weighted by Gasteiger charge is 2.19. The van der Waals surface area contributed by atoms with E-state index in [0.717, 1.165) is 29.7 Å². The van der Waals surface area contributed by atoms with Gasteiger partial charge in [-0.3, -0.25) is 4.40 Å². The second-order valence-electron chi connectivity index (χ2n) is 5.30. The van der Waals surface area contributed by atoms with Crippen molar-refractivity contribution in [3.8, 4) is 0 Å². The number of imidazole rings is 1. The first kappa shape index (κ1) is 14.8. The van der Waals surface area contributed by atoms with Gasteiger partial charge < -0.3 is 10.1 Å².